The highest BCUT2D eigenvalue weighted by molar-refractivity contribution is 7.17. The number of benzene rings is 1. The van der Waals surface area contributed by atoms with Crippen molar-refractivity contribution in [3.63, 3.8) is 0 Å². The van der Waals surface area contributed by atoms with E-state index in [2.05, 4.69) is 15.2 Å². The molecule has 1 saturated heterocycles. The van der Waals surface area contributed by atoms with E-state index in [1.54, 1.807) is 6.20 Å². The minimum atomic E-state index is -0.112. The third kappa shape index (κ3) is 4.43. The maximum Gasteiger partial charge on any atom is 0.263 e. The van der Waals surface area contributed by atoms with Gasteiger partial charge >= 0.3 is 0 Å². The molecule has 1 N–H and O–H groups in total. The highest BCUT2D eigenvalue weighted by atomic mass is 32.1. The molecule has 1 fully saturated rings. The quantitative estimate of drug-likeness (QED) is 0.817. The Morgan fingerprint density at radius 2 is 2.09 bits per heavy atom. The first-order valence-electron chi connectivity index (χ1n) is 7.57. The number of para-hydroxylation sites is 1. The maximum atomic E-state index is 12.1. The number of morpholine rings is 1. The number of ether oxygens (including phenoxy) is 2. The van der Waals surface area contributed by atoms with Crippen molar-refractivity contribution in [1.29, 1.82) is 0 Å². The lowest BCUT2D eigenvalue weighted by Crippen LogP contribution is -2.36. The smallest absolute Gasteiger partial charge is 0.263 e. The van der Waals surface area contributed by atoms with E-state index < -0.39 is 0 Å². The van der Waals surface area contributed by atoms with E-state index in [-0.39, 0.29) is 5.91 Å². The average Bonchev–Trinajstić information content (AvgIpc) is 3.10. The molecule has 0 aliphatic carbocycles. The summed E-state index contributed by atoms with van der Waals surface area (Å²) in [5.74, 6) is 0.688. The van der Waals surface area contributed by atoms with Gasteiger partial charge in [-0.15, -0.1) is 0 Å². The van der Waals surface area contributed by atoms with Crippen LogP contribution in [0.5, 0.6) is 5.75 Å². The van der Waals surface area contributed by atoms with Gasteiger partial charge in [-0.2, -0.15) is 0 Å². The van der Waals surface area contributed by atoms with Crippen LogP contribution in [0.1, 0.15) is 9.67 Å². The van der Waals surface area contributed by atoms with Crippen LogP contribution in [0.15, 0.2) is 36.5 Å². The largest absolute Gasteiger partial charge is 0.492 e. The Balaban J connectivity index is 1.44. The van der Waals surface area contributed by atoms with Crippen LogP contribution in [0.2, 0.25) is 0 Å². The number of aromatic nitrogens is 1. The van der Waals surface area contributed by atoms with Gasteiger partial charge < -0.3 is 19.7 Å². The van der Waals surface area contributed by atoms with Gasteiger partial charge in [0, 0.05) is 13.1 Å². The molecule has 2 aromatic rings. The molecule has 0 radical (unpaired) electrons. The summed E-state index contributed by atoms with van der Waals surface area (Å²) in [6.45, 7) is 3.94. The zero-order valence-electron chi connectivity index (χ0n) is 12.7. The van der Waals surface area contributed by atoms with Gasteiger partial charge in [-0.3, -0.25) is 4.79 Å². The molecule has 0 atom stereocenters. The molecular formula is C16H19N3O3S. The third-order valence-electron chi connectivity index (χ3n) is 3.40. The Labute approximate surface area is 139 Å². The predicted octanol–water partition coefficient (Wildman–Crippen LogP) is 1.79. The first-order valence-corrected chi connectivity index (χ1v) is 8.39. The van der Waals surface area contributed by atoms with Crippen molar-refractivity contribution >= 4 is 22.4 Å². The van der Waals surface area contributed by atoms with Crippen LogP contribution >= 0.6 is 11.3 Å². The van der Waals surface area contributed by atoms with Crippen molar-refractivity contribution < 1.29 is 14.3 Å². The normalized spacial score (nSPS) is 14.5. The molecule has 122 valence electrons. The number of carbonyl (C=O) groups is 1. The Bertz CT molecular complexity index is 627. The van der Waals surface area contributed by atoms with Crippen molar-refractivity contribution in [3.8, 4) is 5.75 Å². The van der Waals surface area contributed by atoms with Gasteiger partial charge in [0.2, 0.25) is 0 Å². The molecule has 3 rings (SSSR count). The van der Waals surface area contributed by atoms with E-state index in [0.717, 1.165) is 24.0 Å². The van der Waals surface area contributed by atoms with Crippen molar-refractivity contribution in [2.75, 3.05) is 44.4 Å². The van der Waals surface area contributed by atoms with Crippen LogP contribution in [0, 0.1) is 0 Å². The van der Waals surface area contributed by atoms with E-state index in [4.69, 9.17) is 9.47 Å². The van der Waals surface area contributed by atoms with Crippen molar-refractivity contribution in [3.05, 3.63) is 41.4 Å². The van der Waals surface area contributed by atoms with E-state index >= 15 is 0 Å². The molecule has 1 aromatic carbocycles. The summed E-state index contributed by atoms with van der Waals surface area (Å²) in [5, 5.41) is 3.72. The fourth-order valence-corrected chi connectivity index (χ4v) is 3.09. The summed E-state index contributed by atoms with van der Waals surface area (Å²) >= 11 is 1.41. The first-order chi connectivity index (χ1) is 11.3. The molecule has 0 unspecified atom stereocenters. The maximum absolute atomic E-state index is 12.1. The molecule has 1 amide bonds. The number of carbonyl (C=O) groups excluding carboxylic acids is 1. The number of nitrogens with zero attached hydrogens (tertiary/aromatic N) is 2. The third-order valence-corrected chi connectivity index (χ3v) is 4.46. The van der Waals surface area contributed by atoms with E-state index in [9.17, 15) is 4.79 Å². The van der Waals surface area contributed by atoms with Gasteiger partial charge in [0.25, 0.3) is 5.91 Å². The SMILES string of the molecule is O=C(NCCOc1ccccc1)c1cnc(N2CCOCC2)s1. The minimum Gasteiger partial charge on any atom is -0.492 e. The number of thiazole rings is 1. The highest BCUT2D eigenvalue weighted by Gasteiger charge is 2.17. The lowest BCUT2D eigenvalue weighted by atomic mass is 10.3. The molecule has 7 heteroatoms. The van der Waals surface area contributed by atoms with Crippen LogP contribution in [0.3, 0.4) is 0 Å². The lowest BCUT2D eigenvalue weighted by molar-refractivity contribution is 0.0951. The van der Waals surface area contributed by atoms with Gasteiger partial charge in [0.05, 0.1) is 26.0 Å². The van der Waals surface area contributed by atoms with Crippen LogP contribution < -0.4 is 15.0 Å². The topological polar surface area (TPSA) is 63.7 Å². The Morgan fingerprint density at radius 1 is 1.30 bits per heavy atom. The van der Waals surface area contributed by atoms with Crippen molar-refractivity contribution in [1.82, 2.24) is 10.3 Å². The monoisotopic (exact) mass is 333 g/mol. The highest BCUT2D eigenvalue weighted by Crippen LogP contribution is 2.23. The number of anilines is 1. The molecule has 1 aromatic heterocycles. The first kappa shape index (κ1) is 15.8. The van der Waals surface area contributed by atoms with E-state index in [1.807, 2.05) is 30.3 Å². The van der Waals surface area contributed by atoms with Gasteiger partial charge in [-0.25, -0.2) is 4.98 Å². The van der Waals surface area contributed by atoms with Crippen LogP contribution in [-0.4, -0.2) is 50.3 Å². The molecule has 1 aliphatic heterocycles. The second-order valence-electron chi connectivity index (χ2n) is 5.02. The van der Waals surface area contributed by atoms with Gasteiger partial charge in [-0.1, -0.05) is 29.5 Å². The Kier molecular flexibility index (Phi) is 5.44. The number of hydrogen-bond acceptors (Lipinski definition) is 6. The molecule has 2 heterocycles. The lowest BCUT2D eigenvalue weighted by Gasteiger charge is -2.25. The Hall–Kier alpha value is -2.12. The number of amides is 1. The summed E-state index contributed by atoms with van der Waals surface area (Å²) in [5.41, 5.74) is 0. The minimum absolute atomic E-state index is 0.112. The molecule has 0 bridgehead atoms. The van der Waals surface area contributed by atoms with E-state index in [1.165, 1.54) is 11.3 Å². The number of nitrogens with one attached hydrogen (secondary N) is 1. The van der Waals surface area contributed by atoms with Gasteiger partial charge in [0.1, 0.15) is 17.2 Å². The summed E-state index contributed by atoms with van der Waals surface area (Å²) in [4.78, 5) is 19.2. The fourth-order valence-electron chi connectivity index (χ4n) is 2.21. The second kappa shape index (κ2) is 7.94. The molecular weight excluding hydrogens is 314 g/mol. The van der Waals surface area contributed by atoms with Crippen LogP contribution in [0.25, 0.3) is 0 Å². The van der Waals surface area contributed by atoms with Gasteiger partial charge in [0.15, 0.2) is 5.13 Å². The predicted molar refractivity (Wildman–Crippen MR) is 89.4 cm³/mol. The fraction of sp³-hybridized carbons (Fsp3) is 0.375. The van der Waals surface area contributed by atoms with Crippen LogP contribution in [-0.2, 0) is 4.74 Å². The average molecular weight is 333 g/mol. The summed E-state index contributed by atoms with van der Waals surface area (Å²) in [6, 6.07) is 9.54. The van der Waals surface area contributed by atoms with Gasteiger partial charge in [-0.05, 0) is 12.1 Å². The summed E-state index contributed by atoms with van der Waals surface area (Å²) < 4.78 is 10.9. The zero-order chi connectivity index (χ0) is 15.9. The molecule has 1 aliphatic rings. The number of rotatable bonds is 6. The molecule has 0 spiro atoms. The molecule has 23 heavy (non-hydrogen) atoms. The summed E-state index contributed by atoms with van der Waals surface area (Å²) in [6.07, 6.45) is 1.63. The molecule has 0 saturated carbocycles. The van der Waals surface area contributed by atoms with Crippen LogP contribution in [0.4, 0.5) is 5.13 Å². The zero-order valence-corrected chi connectivity index (χ0v) is 13.6. The number of hydrogen-bond donors (Lipinski definition) is 1. The van der Waals surface area contributed by atoms with Crippen molar-refractivity contribution in [2.24, 2.45) is 0 Å². The van der Waals surface area contributed by atoms with Crippen molar-refractivity contribution in [2.45, 2.75) is 0 Å². The Morgan fingerprint density at radius 3 is 2.87 bits per heavy atom. The van der Waals surface area contributed by atoms with E-state index in [0.29, 0.717) is 31.2 Å². The second-order valence-corrected chi connectivity index (χ2v) is 6.03. The molecule has 6 nitrogen and oxygen atoms in total. The summed E-state index contributed by atoms with van der Waals surface area (Å²) in [7, 11) is 0. The standard InChI is InChI=1S/C16H19N3O3S/c20-15(17-6-9-22-13-4-2-1-3-5-13)14-12-18-16(23-14)19-7-10-21-11-8-19/h1-5,12H,6-11H2,(H,17,20).